The minimum absolute atomic E-state index is 0.298. The van der Waals surface area contributed by atoms with Crippen molar-refractivity contribution in [1.29, 1.82) is 0 Å². The van der Waals surface area contributed by atoms with Crippen LogP contribution in [0.15, 0.2) is 24.3 Å². The average Bonchev–Trinajstić information content (AvgIpc) is 2.47. The Morgan fingerprint density at radius 1 is 1.26 bits per heavy atom. The maximum Gasteiger partial charge on any atom is 0.123 e. The lowest BCUT2D eigenvalue weighted by molar-refractivity contribution is 0.136. The highest BCUT2D eigenvalue weighted by Crippen LogP contribution is 2.44. The molecule has 19 heavy (non-hydrogen) atoms. The first kappa shape index (κ1) is 14.4. The van der Waals surface area contributed by atoms with E-state index >= 15 is 0 Å². The van der Waals surface area contributed by atoms with Gasteiger partial charge in [0.05, 0.1) is 7.11 Å². The predicted octanol–water partition coefficient (Wildman–Crippen LogP) is 4.09. The maximum absolute atomic E-state index is 6.78. The van der Waals surface area contributed by atoms with Gasteiger partial charge in [-0.2, -0.15) is 0 Å². The van der Waals surface area contributed by atoms with Gasteiger partial charge in [-0.25, -0.2) is 0 Å². The number of hydrogen-bond acceptors (Lipinski definition) is 2. The summed E-state index contributed by atoms with van der Waals surface area (Å²) in [4.78, 5) is 0. The van der Waals surface area contributed by atoms with Crippen molar-refractivity contribution in [2.75, 3.05) is 7.11 Å². The van der Waals surface area contributed by atoms with Gasteiger partial charge >= 0.3 is 0 Å². The number of para-hydroxylation sites is 1. The molecule has 1 fully saturated rings. The molecule has 2 rings (SSSR count). The zero-order chi connectivity index (χ0) is 13.9. The monoisotopic (exact) mass is 261 g/mol. The van der Waals surface area contributed by atoms with E-state index in [4.69, 9.17) is 10.5 Å². The Hall–Kier alpha value is -1.02. The van der Waals surface area contributed by atoms with Gasteiger partial charge in [-0.3, -0.25) is 0 Å². The first-order valence-electron chi connectivity index (χ1n) is 7.53. The molecule has 3 atom stereocenters. The molecule has 2 nitrogen and oxygen atoms in total. The zero-order valence-electron chi connectivity index (χ0n) is 12.5. The second-order valence-corrected chi connectivity index (χ2v) is 6.04. The standard InChI is InChI=1S/C17H27NO/c1-4-13-9-5-6-10-14(13)17(2,18)15-11-7-8-12-16(15)19-3/h7-8,11-14H,4-6,9-10,18H2,1-3H3. The van der Waals surface area contributed by atoms with Crippen molar-refractivity contribution < 1.29 is 4.74 Å². The van der Waals surface area contributed by atoms with Crippen LogP contribution in [0.2, 0.25) is 0 Å². The number of rotatable bonds is 4. The van der Waals surface area contributed by atoms with Crippen LogP contribution in [-0.2, 0) is 5.54 Å². The largest absolute Gasteiger partial charge is 0.496 e. The van der Waals surface area contributed by atoms with Gasteiger partial charge in [0.25, 0.3) is 0 Å². The summed E-state index contributed by atoms with van der Waals surface area (Å²) < 4.78 is 5.51. The van der Waals surface area contributed by atoms with E-state index in [2.05, 4.69) is 26.0 Å². The summed E-state index contributed by atoms with van der Waals surface area (Å²) in [5.74, 6) is 2.23. The van der Waals surface area contributed by atoms with Crippen molar-refractivity contribution in [3.63, 3.8) is 0 Å². The lowest BCUT2D eigenvalue weighted by Gasteiger charge is -2.43. The van der Waals surface area contributed by atoms with Crippen LogP contribution in [0.25, 0.3) is 0 Å². The van der Waals surface area contributed by atoms with Crippen LogP contribution >= 0.6 is 0 Å². The van der Waals surface area contributed by atoms with Crippen molar-refractivity contribution in [3.8, 4) is 5.75 Å². The minimum atomic E-state index is -0.298. The molecule has 0 aromatic heterocycles. The molecule has 0 spiro atoms. The molecule has 1 aliphatic rings. The summed E-state index contributed by atoms with van der Waals surface area (Å²) in [6.07, 6.45) is 6.46. The Morgan fingerprint density at radius 3 is 2.63 bits per heavy atom. The number of benzene rings is 1. The highest BCUT2D eigenvalue weighted by atomic mass is 16.5. The third kappa shape index (κ3) is 2.79. The Balaban J connectivity index is 2.34. The summed E-state index contributed by atoms with van der Waals surface area (Å²) in [7, 11) is 1.73. The Kier molecular flexibility index (Phi) is 4.51. The van der Waals surface area contributed by atoms with E-state index in [1.807, 2.05) is 12.1 Å². The molecule has 3 unspecified atom stereocenters. The topological polar surface area (TPSA) is 35.2 Å². The molecule has 1 aliphatic carbocycles. The molecule has 0 amide bonds. The number of ether oxygens (including phenoxy) is 1. The maximum atomic E-state index is 6.78. The predicted molar refractivity (Wildman–Crippen MR) is 80.3 cm³/mol. The van der Waals surface area contributed by atoms with Crippen LogP contribution in [0.4, 0.5) is 0 Å². The van der Waals surface area contributed by atoms with Crippen molar-refractivity contribution in [2.45, 2.75) is 51.5 Å². The summed E-state index contributed by atoms with van der Waals surface area (Å²) in [5, 5.41) is 0. The van der Waals surface area contributed by atoms with Gasteiger partial charge in [0, 0.05) is 11.1 Å². The molecule has 0 radical (unpaired) electrons. The third-order valence-corrected chi connectivity index (χ3v) is 4.89. The first-order chi connectivity index (χ1) is 9.11. The molecule has 0 saturated heterocycles. The van der Waals surface area contributed by atoms with Gasteiger partial charge in [0.2, 0.25) is 0 Å². The van der Waals surface area contributed by atoms with Crippen LogP contribution in [0.3, 0.4) is 0 Å². The molecular weight excluding hydrogens is 234 g/mol. The molecule has 1 aromatic carbocycles. The SMILES string of the molecule is CCC1CCCCC1C(C)(N)c1ccccc1OC. The zero-order valence-corrected chi connectivity index (χ0v) is 12.5. The smallest absolute Gasteiger partial charge is 0.123 e. The molecule has 0 heterocycles. The van der Waals surface area contributed by atoms with E-state index in [0.717, 1.165) is 17.2 Å². The van der Waals surface area contributed by atoms with E-state index in [9.17, 15) is 0 Å². The van der Waals surface area contributed by atoms with Crippen molar-refractivity contribution in [1.82, 2.24) is 0 Å². The second-order valence-electron chi connectivity index (χ2n) is 6.04. The van der Waals surface area contributed by atoms with Gasteiger partial charge in [-0.1, -0.05) is 50.8 Å². The first-order valence-corrected chi connectivity index (χ1v) is 7.53. The normalized spacial score (nSPS) is 26.7. The van der Waals surface area contributed by atoms with Gasteiger partial charge in [0.1, 0.15) is 5.75 Å². The lowest BCUT2D eigenvalue weighted by atomic mass is 9.66. The van der Waals surface area contributed by atoms with Crippen LogP contribution in [0, 0.1) is 11.8 Å². The van der Waals surface area contributed by atoms with Crippen molar-refractivity contribution in [2.24, 2.45) is 17.6 Å². The summed E-state index contributed by atoms with van der Waals surface area (Å²) in [5.41, 5.74) is 7.63. The van der Waals surface area contributed by atoms with Crippen molar-refractivity contribution in [3.05, 3.63) is 29.8 Å². The summed E-state index contributed by atoms with van der Waals surface area (Å²) >= 11 is 0. The van der Waals surface area contributed by atoms with Crippen LogP contribution in [0.5, 0.6) is 5.75 Å². The molecule has 1 saturated carbocycles. The number of nitrogens with two attached hydrogens (primary N) is 1. The van der Waals surface area contributed by atoms with E-state index < -0.39 is 0 Å². The Bertz CT molecular complexity index is 413. The van der Waals surface area contributed by atoms with Crippen LogP contribution in [-0.4, -0.2) is 7.11 Å². The van der Waals surface area contributed by atoms with Crippen LogP contribution < -0.4 is 10.5 Å². The van der Waals surface area contributed by atoms with E-state index in [1.165, 1.54) is 32.1 Å². The van der Waals surface area contributed by atoms with E-state index in [-0.39, 0.29) is 5.54 Å². The quantitative estimate of drug-likeness (QED) is 0.886. The van der Waals surface area contributed by atoms with Crippen molar-refractivity contribution >= 4 is 0 Å². The molecule has 0 aliphatic heterocycles. The average molecular weight is 261 g/mol. The highest BCUT2D eigenvalue weighted by molar-refractivity contribution is 5.39. The van der Waals surface area contributed by atoms with Gasteiger partial charge < -0.3 is 10.5 Å². The number of methoxy groups -OCH3 is 1. The van der Waals surface area contributed by atoms with Crippen LogP contribution in [0.1, 0.15) is 51.5 Å². The molecule has 106 valence electrons. The van der Waals surface area contributed by atoms with E-state index in [1.54, 1.807) is 7.11 Å². The summed E-state index contributed by atoms with van der Waals surface area (Å²) in [6.45, 7) is 4.48. The van der Waals surface area contributed by atoms with Gasteiger partial charge in [-0.15, -0.1) is 0 Å². The molecular formula is C17H27NO. The second kappa shape index (κ2) is 5.96. The Morgan fingerprint density at radius 2 is 1.95 bits per heavy atom. The fourth-order valence-electron chi connectivity index (χ4n) is 3.78. The molecule has 2 heteroatoms. The fraction of sp³-hybridized carbons (Fsp3) is 0.647. The molecule has 1 aromatic rings. The summed E-state index contributed by atoms with van der Waals surface area (Å²) in [6, 6.07) is 8.22. The van der Waals surface area contributed by atoms with E-state index in [0.29, 0.717) is 5.92 Å². The lowest BCUT2D eigenvalue weighted by Crippen LogP contribution is -2.46. The molecule has 0 bridgehead atoms. The number of hydrogen-bond donors (Lipinski definition) is 1. The molecule has 2 N–H and O–H groups in total. The fourth-order valence-corrected chi connectivity index (χ4v) is 3.78. The third-order valence-electron chi connectivity index (χ3n) is 4.89. The Labute approximate surface area is 117 Å². The minimum Gasteiger partial charge on any atom is -0.496 e. The highest BCUT2D eigenvalue weighted by Gasteiger charge is 2.39. The van der Waals surface area contributed by atoms with Gasteiger partial charge in [0.15, 0.2) is 0 Å². The van der Waals surface area contributed by atoms with Gasteiger partial charge in [-0.05, 0) is 31.2 Å².